The summed E-state index contributed by atoms with van der Waals surface area (Å²) in [6.45, 7) is 1.96. The molecule has 41 heavy (non-hydrogen) atoms. The molecule has 5 aromatic rings. The van der Waals surface area contributed by atoms with Gasteiger partial charge in [-0.05, 0) is 48.4 Å². The number of amides is 2. The van der Waals surface area contributed by atoms with Gasteiger partial charge in [0.2, 0.25) is 5.91 Å². The van der Waals surface area contributed by atoms with Crippen LogP contribution in [-0.2, 0) is 9.53 Å². The van der Waals surface area contributed by atoms with E-state index in [0.29, 0.717) is 21.8 Å². The number of ether oxygens (including phenoxy) is 1. The number of anilines is 2. The lowest BCUT2D eigenvalue weighted by atomic mass is 10.0. The molecular weight excluding hydrogens is 556 g/mol. The van der Waals surface area contributed by atoms with Gasteiger partial charge in [0, 0.05) is 21.5 Å². The first-order valence-electron chi connectivity index (χ1n) is 12.8. The van der Waals surface area contributed by atoms with Crippen molar-refractivity contribution >= 4 is 51.6 Å². The van der Waals surface area contributed by atoms with Crippen molar-refractivity contribution in [1.82, 2.24) is 0 Å². The van der Waals surface area contributed by atoms with Crippen LogP contribution in [0.3, 0.4) is 0 Å². The molecule has 0 bridgehead atoms. The molecular formula is C32H26N2O5S2. The molecule has 1 atom stereocenters. The summed E-state index contributed by atoms with van der Waals surface area (Å²) in [5, 5.41) is 7.45. The quantitative estimate of drug-likeness (QED) is 0.128. The lowest BCUT2D eigenvalue weighted by molar-refractivity contribution is -0.115. The molecule has 0 aliphatic heterocycles. The number of thioether (sulfide) groups is 1. The first kappa shape index (κ1) is 27.9. The number of carbonyl (C=O) groups excluding carboxylic acids is 3. The van der Waals surface area contributed by atoms with Gasteiger partial charge >= 0.3 is 5.97 Å². The highest BCUT2D eigenvalue weighted by Crippen LogP contribution is 2.40. The Morgan fingerprint density at radius 1 is 0.902 bits per heavy atom. The van der Waals surface area contributed by atoms with Gasteiger partial charge in [0.1, 0.15) is 15.8 Å². The lowest BCUT2D eigenvalue weighted by Gasteiger charge is -2.18. The SMILES string of the molecule is CCOC(=O)c1c(-c2ccccc2)csc1NC(=O)C(Sc1cccc(NC(=O)c2ccco2)c1)c1ccccc1. The molecule has 0 saturated carbocycles. The van der Waals surface area contributed by atoms with E-state index in [1.54, 1.807) is 31.2 Å². The molecule has 2 aromatic heterocycles. The molecule has 1 unspecified atom stereocenters. The number of hydrogen-bond donors (Lipinski definition) is 2. The third-order valence-corrected chi connectivity index (χ3v) is 8.17. The Bertz CT molecular complexity index is 1630. The van der Waals surface area contributed by atoms with Crippen molar-refractivity contribution < 1.29 is 23.5 Å². The van der Waals surface area contributed by atoms with Crippen molar-refractivity contribution in [3.8, 4) is 11.1 Å². The standard InChI is InChI=1S/C32H26N2O5S2/c1-2-38-32(37)27-25(21-11-5-3-6-12-21)20-40-31(27)34-30(36)28(22-13-7-4-8-14-22)41-24-16-9-15-23(19-24)33-29(35)26-17-10-18-39-26/h3-20,28H,2H2,1H3,(H,33,35)(H,34,36). The fourth-order valence-corrected chi connectivity index (χ4v) is 6.19. The topological polar surface area (TPSA) is 97.6 Å². The molecule has 0 radical (unpaired) electrons. The Morgan fingerprint density at radius 2 is 1.66 bits per heavy atom. The fourth-order valence-electron chi connectivity index (χ4n) is 4.15. The largest absolute Gasteiger partial charge is 0.462 e. The maximum Gasteiger partial charge on any atom is 0.341 e. The lowest BCUT2D eigenvalue weighted by Crippen LogP contribution is -2.20. The normalized spacial score (nSPS) is 11.4. The molecule has 2 N–H and O–H groups in total. The summed E-state index contributed by atoms with van der Waals surface area (Å²) in [7, 11) is 0. The zero-order valence-electron chi connectivity index (χ0n) is 22.0. The van der Waals surface area contributed by atoms with E-state index < -0.39 is 11.2 Å². The van der Waals surface area contributed by atoms with Gasteiger partial charge in [0.25, 0.3) is 5.91 Å². The summed E-state index contributed by atoms with van der Waals surface area (Å²) >= 11 is 2.62. The van der Waals surface area contributed by atoms with Crippen LogP contribution in [0.15, 0.2) is 118 Å². The van der Waals surface area contributed by atoms with Gasteiger partial charge in [0.05, 0.1) is 12.9 Å². The molecule has 2 heterocycles. The number of esters is 1. The Hall–Kier alpha value is -4.60. The fraction of sp³-hybridized carbons (Fsp3) is 0.0938. The van der Waals surface area contributed by atoms with E-state index in [2.05, 4.69) is 10.6 Å². The molecule has 206 valence electrons. The first-order valence-corrected chi connectivity index (χ1v) is 14.6. The van der Waals surface area contributed by atoms with Crippen LogP contribution in [-0.4, -0.2) is 24.4 Å². The third-order valence-electron chi connectivity index (χ3n) is 6.02. The van der Waals surface area contributed by atoms with Crippen molar-refractivity contribution in [2.75, 3.05) is 17.2 Å². The second kappa shape index (κ2) is 13.2. The van der Waals surface area contributed by atoms with Gasteiger partial charge in [0.15, 0.2) is 5.76 Å². The van der Waals surface area contributed by atoms with Gasteiger partial charge in [-0.3, -0.25) is 9.59 Å². The summed E-state index contributed by atoms with van der Waals surface area (Å²) in [5.74, 6) is -0.953. The highest BCUT2D eigenvalue weighted by Gasteiger charge is 2.27. The minimum Gasteiger partial charge on any atom is -0.462 e. The van der Waals surface area contributed by atoms with Gasteiger partial charge < -0.3 is 19.8 Å². The van der Waals surface area contributed by atoms with Gasteiger partial charge in [-0.2, -0.15) is 0 Å². The molecule has 0 spiro atoms. The van der Waals surface area contributed by atoms with Gasteiger partial charge in [-0.25, -0.2) is 4.79 Å². The molecule has 0 aliphatic carbocycles. The molecule has 0 aliphatic rings. The summed E-state index contributed by atoms with van der Waals surface area (Å²) in [5.41, 5.74) is 3.25. The van der Waals surface area contributed by atoms with Crippen molar-refractivity contribution in [2.24, 2.45) is 0 Å². The van der Waals surface area contributed by atoms with Crippen LogP contribution in [0.4, 0.5) is 10.7 Å². The van der Waals surface area contributed by atoms with Crippen LogP contribution in [0.1, 0.15) is 38.6 Å². The smallest absolute Gasteiger partial charge is 0.341 e. The van der Waals surface area contributed by atoms with E-state index >= 15 is 0 Å². The number of benzene rings is 3. The highest BCUT2D eigenvalue weighted by atomic mass is 32.2. The number of rotatable bonds is 10. The number of hydrogen-bond acceptors (Lipinski definition) is 7. The van der Waals surface area contributed by atoms with E-state index in [4.69, 9.17) is 9.15 Å². The molecule has 2 amide bonds. The number of thiophene rings is 1. The van der Waals surface area contributed by atoms with Crippen LogP contribution >= 0.6 is 23.1 Å². The van der Waals surface area contributed by atoms with Crippen LogP contribution in [0.5, 0.6) is 0 Å². The van der Waals surface area contributed by atoms with Crippen molar-refractivity contribution in [3.05, 3.63) is 126 Å². The van der Waals surface area contributed by atoms with Crippen LogP contribution < -0.4 is 10.6 Å². The van der Waals surface area contributed by atoms with Crippen molar-refractivity contribution in [2.45, 2.75) is 17.1 Å². The summed E-state index contributed by atoms with van der Waals surface area (Å²) in [6, 6.07) is 29.4. The van der Waals surface area contributed by atoms with E-state index in [1.165, 1.54) is 29.4 Å². The summed E-state index contributed by atoms with van der Waals surface area (Å²) in [6.07, 6.45) is 1.44. The molecule has 0 saturated heterocycles. The maximum atomic E-state index is 13.9. The minimum absolute atomic E-state index is 0.202. The van der Waals surface area contributed by atoms with E-state index in [1.807, 2.05) is 78.2 Å². The predicted octanol–water partition coefficient (Wildman–Crippen LogP) is 7.91. The van der Waals surface area contributed by atoms with Gasteiger partial charge in [-0.15, -0.1) is 23.1 Å². The molecule has 9 heteroatoms. The van der Waals surface area contributed by atoms with E-state index in [9.17, 15) is 14.4 Å². The second-order valence-electron chi connectivity index (χ2n) is 8.80. The molecule has 7 nitrogen and oxygen atoms in total. The van der Waals surface area contributed by atoms with E-state index in [0.717, 1.165) is 16.0 Å². The van der Waals surface area contributed by atoms with Crippen LogP contribution in [0, 0.1) is 0 Å². The average Bonchev–Trinajstić information content (AvgIpc) is 3.68. The number of furan rings is 1. The number of carbonyl (C=O) groups is 3. The van der Waals surface area contributed by atoms with Gasteiger partial charge in [-0.1, -0.05) is 66.7 Å². The van der Waals surface area contributed by atoms with Crippen molar-refractivity contribution in [3.63, 3.8) is 0 Å². The average molecular weight is 583 g/mol. The molecule has 5 rings (SSSR count). The predicted molar refractivity (Wildman–Crippen MR) is 162 cm³/mol. The zero-order chi connectivity index (χ0) is 28.6. The maximum absolute atomic E-state index is 13.9. The Morgan fingerprint density at radius 3 is 2.37 bits per heavy atom. The third kappa shape index (κ3) is 6.77. The second-order valence-corrected chi connectivity index (χ2v) is 10.9. The Labute approximate surface area is 245 Å². The zero-order valence-corrected chi connectivity index (χ0v) is 23.7. The molecule has 3 aromatic carbocycles. The summed E-state index contributed by atoms with van der Waals surface area (Å²) in [4.78, 5) is 40.1. The Balaban J connectivity index is 1.42. The van der Waals surface area contributed by atoms with E-state index in [-0.39, 0.29) is 24.2 Å². The number of nitrogens with one attached hydrogen (secondary N) is 2. The Kier molecular flexibility index (Phi) is 8.98. The van der Waals surface area contributed by atoms with Crippen molar-refractivity contribution in [1.29, 1.82) is 0 Å². The molecule has 0 fully saturated rings. The monoisotopic (exact) mass is 582 g/mol. The minimum atomic E-state index is -0.649. The van der Waals surface area contributed by atoms with Crippen LogP contribution in [0.25, 0.3) is 11.1 Å². The first-order chi connectivity index (χ1) is 20.0. The summed E-state index contributed by atoms with van der Waals surface area (Å²) < 4.78 is 10.5. The highest BCUT2D eigenvalue weighted by molar-refractivity contribution is 8.00. The van der Waals surface area contributed by atoms with Crippen LogP contribution in [0.2, 0.25) is 0 Å².